The highest BCUT2D eigenvalue weighted by molar-refractivity contribution is 7.89. The van der Waals surface area contributed by atoms with Gasteiger partial charge in [0.15, 0.2) is 0 Å². The largest absolute Gasteiger partial charge is 0.317 e. The second kappa shape index (κ2) is 7.19. The Hall–Kier alpha value is -0.920. The number of hydrogen-bond donors (Lipinski definition) is 2. The van der Waals surface area contributed by atoms with Crippen molar-refractivity contribution in [2.24, 2.45) is 5.92 Å². The third-order valence-electron chi connectivity index (χ3n) is 3.45. The van der Waals surface area contributed by atoms with Gasteiger partial charge in [-0.2, -0.15) is 5.10 Å². The average molecular weight is 300 g/mol. The maximum absolute atomic E-state index is 12.0. The molecule has 0 saturated heterocycles. The molecule has 20 heavy (non-hydrogen) atoms. The summed E-state index contributed by atoms with van der Waals surface area (Å²) in [5.41, 5.74) is 0. The zero-order chi connectivity index (χ0) is 14.4. The summed E-state index contributed by atoms with van der Waals surface area (Å²) in [6, 6.07) is 0. The topological polar surface area (TPSA) is 76.0 Å². The predicted molar refractivity (Wildman–Crippen MR) is 77.9 cm³/mol. The van der Waals surface area contributed by atoms with Crippen LogP contribution >= 0.6 is 0 Å². The fourth-order valence-corrected chi connectivity index (χ4v) is 3.04. The van der Waals surface area contributed by atoms with E-state index in [-0.39, 0.29) is 4.90 Å². The molecule has 1 fully saturated rings. The molecule has 0 unspecified atom stereocenters. The van der Waals surface area contributed by atoms with Gasteiger partial charge in [0.25, 0.3) is 0 Å². The smallest absolute Gasteiger partial charge is 0.243 e. The van der Waals surface area contributed by atoms with Crippen molar-refractivity contribution in [2.75, 3.05) is 19.6 Å². The third-order valence-corrected chi connectivity index (χ3v) is 4.87. The van der Waals surface area contributed by atoms with E-state index in [1.54, 1.807) is 10.9 Å². The van der Waals surface area contributed by atoms with Crippen LogP contribution in [0.3, 0.4) is 0 Å². The fourth-order valence-electron chi connectivity index (χ4n) is 2.04. The van der Waals surface area contributed by atoms with Gasteiger partial charge < -0.3 is 5.32 Å². The van der Waals surface area contributed by atoms with Crippen LogP contribution < -0.4 is 10.0 Å². The highest BCUT2D eigenvalue weighted by Crippen LogP contribution is 2.31. The Kier molecular flexibility index (Phi) is 5.56. The minimum absolute atomic E-state index is 0.261. The first-order valence-electron chi connectivity index (χ1n) is 7.34. The van der Waals surface area contributed by atoms with Crippen molar-refractivity contribution in [1.82, 2.24) is 19.8 Å². The molecule has 7 heteroatoms. The molecule has 1 aromatic rings. The summed E-state index contributed by atoms with van der Waals surface area (Å²) in [5, 5.41) is 7.33. The number of nitrogens with zero attached hydrogens (tertiary/aromatic N) is 2. The molecule has 6 nitrogen and oxygen atoms in total. The van der Waals surface area contributed by atoms with Crippen LogP contribution in [0.25, 0.3) is 0 Å². The zero-order valence-electron chi connectivity index (χ0n) is 12.0. The Labute approximate surface area is 121 Å². The van der Waals surface area contributed by atoms with Gasteiger partial charge >= 0.3 is 0 Å². The lowest BCUT2D eigenvalue weighted by atomic mass is 10.3. The van der Waals surface area contributed by atoms with Crippen LogP contribution in [0.1, 0.15) is 32.6 Å². The fraction of sp³-hybridized carbons (Fsp3) is 0.769. The minimum atomic E-state index is -3.39. The first-order valence-corrected chi connectivity index (χ1v) is 8.83. The maximum atomic E-state index is 12.0. The van der Waals surface area contributed by atoms with E-state index in [1.165, 1.54) is 19.0 Å². The first-order chi connectivity index (χ1) is 9.62. The summed E-state index contributed by atoms with van der Waals surface area (Å²) in [6.45, 7) is 5.18. The van der Waals surface area contributed by atoms with Gasteiger partial charge in [-0.05, 0) is 31.8 Å². The third kappa shape index (κ3) is 4.88. The zero-order valence-corrected chi connectivity index (χ0v) is 12.8. The van der Waals surface area contributed by atoms with E-state index in [2.05, 4.69) is 22.1 Å². The monoisotopic (exact) mass is 300 g/mol. The van der Waals surface area contributed by atoms with Crippen molar-refractivity contribution in [3.05, 3.63) is 12.4 Å². The van der Waals surface area contributed by atoms with Crippen LogP contribution in [0.5, 0.6) is 0 Å². The van der Waals surface area contributed by atoms with Crippen molar-refractivity contribution in [1.29, 1.82) is 0 Å². The van der Waals surface area contributed by atoms with Crippen LogP contribution in [0.2, 0.25) is 0 Å². The van der Waals surface area contributed by atoms with E-state index in [0.717, 1.165) is 38.4 Å². The molecular weight excluding hydrogens is 276 g/mol. The molecule has 2 N–H and O–H groups in total. The average Bonchev–Trinajstić information content (AvgIpc) is 3.10. The van der Waals surface area contributed by atoms with E-state index < -0.39 is 10.0 Å². The molecule has 1 aliphatic carbocycles. The lowest BCUT2D eigenvalue weighted by molar-refractivity contribution is 0.548. The minimum Gasteiger partial charge on any atom is -0.317 e. The van der Waals surface area contributed by atoms with Gasteiger partial charge in [-0.15, -0.1) is 0 Å². The van der Waals surface area contributed by atoms with Crippen LogP contribution in [0.15, 0.2) is 17.3 Å². The summed E-state index contributed by atoms with van der Waals surface area (Å²) in [7, 11) is -3.39. The number of nitrogens with one attached hydrogen (secondary N) is 2. The standard InChI is InChI=1S/C13H24N4O2S/c1-2-14-7-3-9-17-11-13(10-15-17)20(18,19)16-8-6-12-4-5-12/h10-12,14,16H,2-9H2,1H3. The highest BCUT2D eigenvalue weighted by atomic mass is 32.2. The van der Waals surface area contributed by atoms with Crippen LogP contribution in [-0.2, 0) is 16.6 Å². The quantitative estimate of drug-likeness (QED) is 0.631. The molecule has 1 saturated carbocycles. The van der Waals surface area contributed by atoms with Crippen LogP contribution in [0.4, 0.5) is 0 Å². The molecule has 0 aliphatic heterocycles. The Morgan fingerprint density at radius 1 is 1.40 bits per heavy atom. The number of aromatic nitrogens is 2. The van der Waals surface area contributed by atoms with E-state index >= 15 is 0 Å². The van der Waals surface area contributed by atoms with Crippen LogP contribution in [-0.4, -0.2) is 37.8 Å². The predicted octanol–water partition coefficient (Wildman–Crippen LogP) is 0.961. The summed E-state index contributed by atoms with van der Waals surface area (Å²) in [5.74, 6) is 0.728. The van der Waals surface area contributed by atoms with Gasteiger partial charge in [0, 0.05) is 19.3 Å². The lowest BCUT2D eigenvalue weighted by Crippen LogP contribution is -2.24. The van der Waals surface area contributed by atoms with Crippen molar-refractivity contribution < 1.29 is 8.42 Å². The SMILES string of the molecule is CCNCCCn1cc(S(=O)(=O)NCCC2CC2)cn1. The molecule has 0 aromatic carbocycles. The lowest BCUT2D eigenvalue weighted by Gasteiger charge is -2.04. The first kappa shape index (κ1) is 15.5. The molecule has 0 amide bonds. The van der Waals surface area contributed by atoms with E-state index in [4.69, 9.17) is 0 Å². The molecule has 0 bridgehead atoms. The summed E-state index contributed by atoms with van der Waals surface area (Å²) < 4.78 is 28.4. The molecule has 1 aromatic heterocycles. The summed E-state index contributed by atoms with van der Waals surface area (Å²) in [4.78, 5) is 0.261. The molecule has 1 aliphatic rings. The van der Waals surface area contributed by atoms with Crippen molar-refractivity contribution >= 4 is 10.0 Å². The Morgan fingerprint density at radius 3 is 2.90 bits per heavy atom. The molecular formula is C13H24N4O2S. The normalized spacial score (nSPS) is 15.7. The van der Waals surface area contributed by atoms with Gasteiger partial charge in [0.05, 0.1) is 6.20 Å². The summed E-state index contributed by atoms with van der Waals surface area (Å²) in [6.07, 6.45) is 7.38. The molecule has 0 atom stereocenters. The second-order valence-corrected chi connectivity index (χ2v) is 7.04. The molecule has 0 radical (unpaired) electrons. The van der Waals surface area contributed by atoms with E-state index in [0.29, 0.717) is 6.54 Å². The maximum Gasteiger partial charge on any atom is 0.243 e. The molecule has 1 heterocycles. The van der Waals surface area contributed by atoms with Gasteiger partial charge in [-0.25, -0.2) is 13.1 Å². The van der Waals surface area contributed by atoms with E-state index in [9.17, 15) is 8.42 Å². The van der Waals surface area contributed by atoms with Gasteiger partial charge in [0.1, 0.15) is 4.90 Å². The van der Waals surface area contributed by atoms with Crippen LogP contribution in [0, 0.1) is 5.92 Å². The molecule has 114 valence electrons. The van der Waals surface area contributed by atoms with Gasteiger partial charge in [-0.3, -0.25) is 4.68 Å². The van der Waals surface area contributed by atoms with E-state index in [1.807, 2.05) is 0 Å². The summed E-state index contributed by atoms with van der Waals surface area (Å²) >= 11 is 0. The van der Waals surface area contributed by atoms with Crippen molar-refractivity contribution in [3.8, 4) is 0 Å². The second-order valence-electron chi connectivity index (χ2n) is 5.28. The Bertz CT molecular complexity index is 508. The van der Waals surface area contributed by atoms with Crippen molar-refractivity contribution in [2.45, 2.75) is 44.0 Å². The van der Waals surface area contributed by atoms with Gasteiger partial charge in [-0.1, -0.05) is 19.8 Å². The molecule has 0 spiro atoms. The number of rotatable bonds is 10. The Morgan fingerprint density at radius 2 is 2.20 bits per heavy atom. The highest BCUT2D eigenvalue weighted by Gasteiger charge is 2.22. The molecule has 2 rings (SSSR count). The number of hydrogen-bond acceptors (Lipinski definition) is 4. The Balaban J connectivity index is 1.79. The van der Waals surface area contributed by atoms with Crippen molar-refractivity contribution in [3.63, 3.8) is 0 Å². The van der Waals surface area contributed by atoms with Gasteiger partial charge in [0.2, 0.25) is 10.0 Å². The number of sulfonamides is 1. The number of aryl methyl sites for hydroxylation is 1.